The minimum absolute atomic E-state index is 0.0826. The smallest absolute Gasteiger partial charge is 0.313 e. The second-order valence-corrected chi connectivity index (χ2v) is 6.48. The highest BCUT2D eigenvalue weighted by Gasteiger charge is 2.41. The van der Waals surface area contributed by atoms with Gasteiger partial charge in [0.15, 0.2) is 4.90 Å². The van der Waals surface area contributed by atoms with Crippen LogP contribution in [0.4, 0.5) is 11.4 Å². The molecular formula is C11H16N4O5S. The molecule has 0 heterocycles. The van der Waals surface area contributed by atoms with Crippen LogP contribution in [0.3, 0.4) is 0 Å². The Morgan fingerprint density at radius 2 is 2.14 bits per heavy atom. The topological polar surface area (TPSA) is 139 Å². The molecule has 21 heavy (non-hydrogen) atoms. The van der Waals surface area contributed by atoms with E-state index in [2.05, 4.69) is 5.43 Å². The number of nitrogens with zero attached hydrogens (tertiary/aromatic N) is 2. The van der Waals surface area contributed by atoms with Gasteiger partial charge in [0, 0.05) is 12.6 Å². The number of hydrogen-bond donors (Lipinski definition) is 3. The maximum Gasteiger partial charge on any atom is 0.313 e. The summed E-state index contributed by atoms with van der Waals surface area (Å²) >= 11 is 0. The zero-order chi connectivity index (χ0) is 15.6. The molecule has 0 aromatic heterocycles. The predicted octanol–water partition coefficient (Wildman–Crippen LogP) is 0.0258. The van der Waals surface area contributed by atoms with Crippen molar-refractivity contribution in [3.8, 4) is 0 Å². The van der Waals surface area contributed by atoms with Crippen molar-refractivity contribution in [3.63, 3.8) is 0 Å². The van der Waals surface area contributed by atoms with Gasteiger partial charge >= 0.3 is 5.69 Å². The van der Waals surface area contributed by atoms with Crippen LogP contribution in [0.2, 0.25) is 0 Å². The van der Waals surface area contributed by atoms with Gasteiger partial charge in [-0.25, -0.2) is 8.42 Å². The first-order valence-electron chi connectivity index (χ1n) is 6.30. The van der Waals surface area contributed by atoms with Crippen molar-refractivity contribution in [1.82, 2.24) is 4.31 Å². The Hall–Kier alpha value is -1.75. The molecule has 0 aliphatic heterocycles. The van der Waals surface area contributed by atoms with Gasteiger partial charge in [-0.2, -0.15) is 4.31 Å². The van der Waals surface area contributed by atoms with E-state index in [-0.39, 0.29) is 24.9 Å². The standard InChI is InChI=1S/C11H16N4O5S/c12-13-9-2-1-3-10(11(9)15(17)18)21(19,20)14(6-7-16)8-4-5-8/h1-3,8,13,16H,4-7,12H2. The molecule has 0 radical (unpaired) electrons. The van der Waals surface area contributed by atoms with E-state index in [9.17, 15) is 18.5 Å². The lowest BCUT2D eigenvalue weighted by Crippen LogP contribution is -2.36. The lowest BCUT2D eigenvalue weighted by atomic mass is 10.3. The molecule has 1 aromatic carbocycles. The summed E-state index contributed by atoms with van der Waals surface area (Å²) in [5.41, 5.74) is 1.45. The summed E-state index contributed by atoms with van der Waals surface area (Å²) in [6, 6.07) is 3.65. The minimum atomic E-state index is -4.07. The van der Waals surface area contributed by atoms with Gasteiger partial charge < -0.3 is 10.5 Å². The molecule has 10 heteroatoms. The number of sulfonamides is 1. The lowest BCUT2D eigenvalue weighted by Gasteiger charge is -2.21. The number of hydrazine groups is 1. The molecule has 1 fully saturated rings. The van der Waals surface area contributed by atoms with E-state index < -0.39 is 25.5 Å². The highest BCUT2D eigenvalue weighted by molar-refractivity contribution is 7.89. The number of hydrogen-bond acceptors (Lipinski definition) is 7. The first-order valence-corrected chi connectivity index (χ1v) is 7.74. The molecule has 1 aliphatic rings. The summed E-state index contributed by atoms with van der Waals surface area (Å²) in [5.74, 6) is 5.20. The predicted molar refractivity (Wildman–Crippen MR) is 74.9 cm³/mol. The quantitative estimate of drug-likeness (QED) is 0.366. The molecule has 1 saturated carbocycles. The van der Waals surface area contributed by atoms with E-state index in [1.807, 2.05) is 0 Å². The Morgan fingerprint density at radius 1 is 1.48 bits per heavy atom. The van der Waals surface area contributed by atoms with Crippen molar-refractivity contribution >= 4 is 21.4 Å². The second kappa shape index (κ2) is 5.93. The van der Waals surface area contributed by atoms with Gasteiger partial charge in [0.25, 0.3) is 0 Å². The molecule has 1 aromatic rings. The van der Waals surface area contributed by atoms with Crippen molar-refractivity contribution in [2.45, 2.75) is 23.8 Å². The number of nitro benzene ring substituents is 1. The summed E-state index contributed by atoms with van der Waals surface area (Å²) in [7, 11) is -4.07. The fourth-order valence-corrected chi connectivity index (χ4v) is 3.98. The van der Waals surface area contributed by atoms with Crippen LogP contribution in [-0.2, 0) is 10.0 Å². The highest BCUT2D eigenvalue weighted by atomic mass is 32.2. The number of nitrogen functional groups attached to an aromatic ring is 1. The Morgan fingerprint density at radius 3 is 2.62 bits per heavy atom. The lowest BCUT2D eigenvalue weighted by molar-refractivity contribution is -0.386. The molecule has 0 amide bonds. The van der Waals surface area contributed by atoms with Crippen molar-refractivity contribution in [2.24, 2.45) is 5.84 Å². The summed E-state index contributed by atoms with van der Waals surface area (Å²) in [6.45, 7) is -0.442. The molecule has 4 N–H and O–H groups in total. The molecular weight excluding hydrogens is 300 g/mol. The van der Waals surface area contributed by atoms with Crippen LogP contribution in [-0.4, -0.2) is 41.9 Å². The monoisotopic (exact) mass is 316 g/mol. The fourth-order valence-electron chi connectivity index (χ4n) is 2.12. The SMILES string of the molecule is NNc1cccc(S(=O)(=O)N(CCO)C2CC2)c1[N+](=O)[O-]. The summed E-state index contributed by atoms with van der Waals surface area (Å²) in [5, 5.41) is 20.2. The fraction of sp³-hybridized carbons (Fsp3) is 0.455. The van der Waals surface area contributed by atoms with E-state index in [0.717, 1.165) is 4.31 Å². The summed E-state index contributed by atoms with van der Waals surface area (Å²) < 4.78 is 26.4. The molecule has 0 spiro atoms. The van der Waals surface area contributed by atoms with Gasteiger partial charge in [-0.3, -0.25) is 16.0 Å². The van der Waals surface area contributed by atoms with Gasteiger partial charge in [0.2, 0.25) is 10.0 Å². The number of benzene rings is 1. The number of nitro groups is 1. The van der Waals surface area contributed by atoms with Crippen molar-refractivity contribution in [3.05, 3.63) is 28.3 Å². The first-order chi connectivity index (χ1) is 9.93. The molecule has 0 unspecified atom stereocenters. The summed E-state index contributed by atoms with van der Waals surface area (Å²) in [4.78, 5) is 9.98. The Labute approximate surface area is 121 Å². The zero-order valence-corrected chi connectivity index (χ0v) is 11.9. The van der Waals surface area contributed by atoms with Crippen LogP contribution in [0, 0.1) is 10.1 Å². The number of para-hydroxylation sites is 1. The molecule has 9 nitrogen and oxygen atoms in total. The zero-order valence-electron chi connectivity index (χ0n) is 11.1. The van der Waals surface area contributed by atoms with Crippen LogP contribution in [0.25, 0.3) is 0 Å². The van der Waals surface area contributed by atoms with Gasteiger partial charge in [-0.05, 0) is 25.0 Å². The minimum Gasteiger partial charge on any atom is -0.395 e. The molecule has 0 atom stereocenters. The van der Waals surface area contributed by atoms with Crippen molar-refractivity contribution in [1.29, 1.82) is 0 Å². The number of nitrogens with one attached hydrogen (secondary N) is 1. The molecule has 1 aliphatic carbocycles. The van der Waals surface area contributed by atoms with E-state index in [4.69, 9.17) is 10.9 Å². The van der Waals surface area contributed by atoms with E-state index in [0.29, 0.717) is 12.8 Å². The number of aliphatic hydroxyl groups is 1. The van der Waals surface area contributed by atoms with Crippen LogP contribution < -0.4 is 11.3 Å². The van der Waals surface area contributed by atoms with E-state index in [1.54, 1.807) is 0 Å². The van der Waals surface area contributed by atoms with Gasteiger partial charge in [-0.15, -0.1) is 0 Å². The average molecular weight is 316 g/mol. The third-order valence-electron chi connectivity index (χ3n) is 3.20. The first kappa shape index (κ1) is 15.6. The van der Waals surface area contributed by atoms with Crippen LogP contribution >= 0.6 is 0 Å². The Bertz CT molecular complexity index is 644. The molecule has 2 rings (SSSR count). The number of aliphatic hydroxyl groups excluding tert-OH is 1. The Kier molecular flexibility index (Phi) is 4.42. The van der Waals surface area contributed by atoms with E-state index in [1.165, 1.54) is 18.2 Å². The largest absolute Gasteiger partial charge is 0.395 e. The number of anilines is 1. The van der Waals surface area contributed by atoms with Crippen molar-refractivity contribution < 1.29 is 18.4 Å². The van der Waals surface area contributed by atoms with Crippen molar-refractivity contribution in [2.75, 3.05) is 18.6 Å². The number of rotatable bonds is 7. The molecule has 0 saturated heterocycles. The maximum absolute atomic E-state index is 12.6. The second-order valence-electron chi connectivity index (χ2n) is 4.62. The number of nitrogens with two attached hydrogens (primary N) is 1. The normalized spacial score (nSPS) is 15.2. The summed E-state index contributed by atoms with van der Waals surface area (Å²) in [6.07, 6.45) is 1.36. The highest BCUT2D eigenvalue weighted by Crippen LogP contribution is 2.37. The molecule has 116 valence electrons. The van der Waals surface area contributed by atoms with E-state index >= 15 is 0 Å². The molecule has 0 bridgehead atoms. The van der Waals surface area contributed by atoms with Gasteiger partial charge in [0.05, 0.1) is 11.5 Å². The van der Waals surface area contributed by atoms with Crippen LogP contribution in [0.15, 0.2) is 23.1 Å². The van der Waals surface area contributed by atoms with Gasteiger partial charge in [-0.1, -0.05) is 6.07 Å². The van der Waals surface area contributed by atoms with Gasteiger partial charge in [0.1, 0.15) is 5.69 Å². The Balaban J connectivity index is 2.56. The third-order valence-corrected chi connectivity index (χ3v) is 5.18. The third kappa shape index (κ3) is 2.97. The maximum atomic E-state index is 12.6. The average Bonchev–Trinajstić information content (AvgIpc) is 3.27. The van der Waals surface area contributed by atoms with Crippen LogP contribution in [0.1, 0.15) is 12.8 Å². The van der Waals surface area contributed by atoms with Crippen LogP contribution in [0.5, 0.6) is 0 Å².